The molecule has 0 aromatic carbocycles. The van der Waals surface area contributed by atoms with Gasteiger partial charge in [0.15, 0.2) is 0 Å². The third-order valence-corrected chi connectivity index (χ3v) is 1.10. The summed E-state index contributed by atoms with van der Waals surface area (Å²) in [4.78, 5) is 0. The fraction of sp³-hybridized carbons (Fsp3) is 0.429. The van der Waals surface area contributed by atoms with Crippen LogP contribution in [0.3, 0.4) is 0 Å². The Bertz CT molecular complexity index is 173. The van der Waals surface area contributed by atoms with Crippen LogP contribution >= 0.6 is 0 Å². The summed E-state index contributed by atoms with van der Waals surface area (Å²) in [5.74, 6) is 0. The van der Waals surface area contributed by atoms with E-state index in [1.807, 2.05) is 6.07 Å². The van der Waals surface area contributed by atoms with Crippen molar-refractivity contribution in [1.29, 1.82) is 0 Å². The summed E-state index contributed by atoms with van der Waals surface area (Å²) < 4.78 is 0. The van der Waals surface area contributed by atoms with E-state index < -0.39 is 0 Å². The van der Waals surface area contributed by atoms with E-state index in [4.69, 9.17) is 0 Å². The first kappa shape index (κ1) is 6.99. The van der Waals surface area contributed by atoms with Crippen molar-refractivity contribution in [2.75, 3.05) is 11.9 Å². The number of nitrogens with zero attached hydrogens (tertiary/aromatic N) is 2. The van der Waals surface area contributed by atoms with Crippen LogP contribution < -0.4 is 5.32 Å². The van der Waals surface area contributed by atoms with E-state index in [1.165, 1.54) is 0 Å². The molecular formula is C7H10N3. The Hall–Kier alpha value is -1.12. The van der Waals surface area contributed by atoms with E-state index in [2.05, 4.69) is 28.6 Å². The van der Waals surface area contributed by atoms with Crippen molar-refractivity contribution in [3.05, 3.63) is 18.5 Å². The highest BCUT2D eigenvalue weighted by Gasteiger charge is 1.87. The van der Waals surface area contributed by atoms with Gasteiger partial charge in [0.2, 0.25) is 0 Å². The number of hydrogen-bond donors (Lipinski definition) is 1. The smallest absolute Gasteiger partial charge is 0.138 e. The summed E-state index contributed by atoms with van der Waals surface area (Å²) >= 11 is 0. The van der Waals surface area contributed by atoms with E-state index in [0.717, 1.165) is 18.7 Å². The van der Waals surface area contributed by atoms with E-state index in [-0.39, 0.29) is 0 Å². The molecule has 0 saturated heterocycles. The lowest BCUT2D eigenvalue weighted by molar-refractivity contribution is 0.962. The second-order valence-electron chi connectivity index (χ2n) is 1.98. The maximum atomic E-state index is 3.61. The van der Waals surface area contributed by atoms with Gasteiger partial charge in [0.05, 0.1) is 11.9 Å². The van der Waals surface area contributed by atoms with Crippen LogP contribution in [0.5, 0.6) is 0 Å². The fourth-order valence-corrected chi connectivity index (χ4v) is 0.619. The molecule has 1 heterocycles. The monoisotopic (exact) mass is 136 g/mol. The van der Waals surface area contributed by atoms with Crippen molar-refractivity contribution in [2.24, 2.45) is 0 Å². The van der Waals surface area contributed by atoms with E-state index in [9.17, 15) is 0 Å². The van der Waals surface area contributed by atoms with Crippen molar-refractivity contribution in [3.8, 4) is 0 Å². The molecule has 3 nitrogen and oxygen atoms in total. The minimum Gasteiger partial charge on any atom is -0.383 e. The van der Waals surface area contributed by atoms with Gasteiger partial charge in [0.1, 0.15) is 6.20 Å². The minimum absolute atomic E-state index is 0.914. The zero-order valence-corrected chi connectivity index (χ0v) is 5.96. The SMILES string of the molecule is CCCNc1[c]nncc1. The molecule has 3 heteroatoms. The third kappa shape index (κ3) is 2.01. The van der Waals surface area contributed by atoms with E-state index >= 15 is 0 Å². The molecule has 0 aliphatic rings. The Morgan fingerprint density at radius 1 is 1.70 bits per heavy atom. The van der Waals surface area contributed by atoms with Crippen molar-refractivity contribution in [2.45, 2.75) is 13.3 Å². The van der Waals surface area contributed by atoms with Crippen LogP contribution in [-0.2, 0) is 0 Å². The molecule has 53 valence electrons. The van der Waals surface area contributed by atoms with Gasteiger partial charge in [-0.3, -0.25) is 0 Å². The minimum atomic E-state index is 0.914. The first-order valence-electron chi connectivity index (χ1n) is 3.36. The molecule has 0 atom stereocenters. The quantitative estimate of drug-likeness (QED) is 0.676. The van der Waals surface area contributed by atoms with Crippen LogP contribution in [0.4, 0.5) is 5.69 Å². The molecule has 0 spiro atoms. The van der Waals surface area contributed by atoms with Gasteiger partial charge in [-0.1, -0.05) is 6.92 Å². The van der Waals surface area contributed by atoms with Crippen molar-refractivity contribution >= 4 is 5.69 Å². The number of aromatic nitrogens is 2. The maximum absolute atomic E-state index is 3.61. The summed E-state index contributed by atoms with van der Waals surface area (Å²) in [6.07, 6.45) is 5.49. The molecule has 0 amide bonds. The molecule has 0 fully saturated rings. The molecule has 0 aliphatic carbocycles. The molecular weight excluding hydrogens is 126 g/mol. The summed E-state index contributed by atoms with van der Waals surface area (Å²) in [6, 6.07) is 1.85. The Morgan fingerprint density at radius 3 is 3.20 bits per heavy atom. The molecule has 0 saturated carbocycles. The molecule has 0 bridgehead atoms. The molecule has 1 N–H and O–H groups in total. The molecule has 0 unspecified atom stereocenters. The molecule has 1 radical (unpaired) electrons. The average Bonchev–Trinajstić information content (AvgIpc) is 2.03. The van der Waals surface area contributed by atoms with Crippen LogP contribution in [0.1, 0.15) is 13.3 Å². The lowest BCUT2D eigenvalue weighted by Gasteiger charge is -1.99. The van der Waals surface area contributed by atoms with Crippen LogP contribution in [0, 0.1) is 6.20 Å². The van der Waals surface area contributed by atoms with E-state index in [0.29, 0.717) is 0 Å². The predicted octanol–water partition coefficient (Wildman–Crippen LogP) is 1.10. The van der Waals surface area contributed by atoms with Gasteiger partial charge >= 0.3 is 0 Å². The maximum Gasteiger partial charge on any atom is 0.138 e. The highest BCUT2D eigenvalue weighted by molar-refractivity contribution is 5.36. The predicted molar refractivity (Wildman–Crippen MR) is 39.6 cm³/mol. The Kier molecular flexibility index (Phi) is 2.67. The standard InChI is InChI=1S/C7H10N3/c1-2-4-8-7-3-5-9-10-6-7/h3,5H,2,4H2,1H3,(H,8,9). The largest absolute Gasteiger partial charge is 0.383 e. The van der Waals surface area contributed by atoms with E-state index in [1.54, 1.807) is 6.20 Å². The summed E-state index contributed by atoms with van der Waals surface area (Å²) in [5, 5.41) is 10.3. The molecule has 1 aromatic heterocycles. The van der Waals surface area contributed by atoms with Crippen molar-refractivity contribution in [3.63, 3.8) is 0 Å². The van der Waals surface area contributed by atoms with Crippen LogP contribution in [0.2, 0.25) is 0 Å². The number of anilines is 1. The molecule has 1 rings (SSSR count). The van der Waals surface area contributed by atoms with Crippen LogP contribution in [0.15, 0.2) is 12.3 Å². The zero-order chi connectivity index (χ0) is 7.23. The van der Waals surface area contributed by atoms with Gasteiger partial charge in [0.25, 0.3) is 0 Å². The topological polar surface area (TPSA) is 37.8 Å². The lowest BCUT2D eigenvalue weighted by atomic mass is 10.4. The first-order valence-corrected chi connectivity index (χ1v) is 3.36. The zero-order valence-electron chi connectivity index (χ0n) is 5.96. The Labute approximate surface area is 60.5 Å². The number of rotatable bonds is 3. The summed E-state index contributed by atoms with van der Waals surface area (Å²) in [7, 11) is 0. The first-order chi connectivity index (χ1) is 4.93. The van der Waals surface area contributed by atoms with Gasteiger partial charge in [-0.15, -0.1) is 5.10 Å². The molecule has 0 aliphatic heterocycles. The van der Waals surface area contributed by atoms with Gasteiger partial charge in [0, 0.05) is 6.54 Å². The van der Waals surface area contributed by atoms with Gasteiger partial charge in [-0.05, 0) is 12.5 Å². The second kappa shape index (κ2) is 3.82. The lowest BCUT2D eigenvalue weighted by Crippen LogP contribution is -1.99. The fourth-order valence-electron chi connectivity index (χ4n) is 0.619. The normalized spacial score (nSPS) is 9.30. The van der Waals surface area contributed by atoms with Crippen LogP contribution in [0.25, 0.3) is 0 Å². The van der Waals surface area contributed by atoms with Gasteiger partial charge in [-0.2, -0.15) is 5.10 Å². The summed E-state index contributed by atoms with van der Waals surface area (Å²) in [6.45, 7) is 3.07. The molecule has 10 heavy (non-hydrogen) atoms. The Morgan fingerprint density at radius 2 is 2.60 bits per heavy atom. The van der Waals surface area contributed by atoms with Gasteiger partial charge in [-0.25, -0.2) is 0 Å². The highest BCUT2D eigenvalue weighted by Crippen LogP contribution is 1.98. The van der Waals surface area contributed by atoms with Crippen molar-refractivity contribution in [1.82, 2.24) is 10.2 Å². The molecule has 1 aromatic rings. The highest BCUT2D eigenvalue weighted by atomic mass is 15.1. The van der Waals surface area contributed by atoms with Gasteiger partial charge < -0.3 is 5.32 Å². The third-order valence-electron chi connectivity index (χ3n) is 1.10. The number of nitrogens with one attached hydrogen (secondary N) is 1. The average molecular weight is 136 g/mol. The second-order valence-corrected chi connectivity index (χ2v) is 1.98. The van der Waals surface area contributed by atoms with Crippen molar-refractivity contribution < 1.29 is 0 Å². The number of hydrogen-bond acceptors (Lipinski definition) is 3. The Balaban J connectivity index is 2.43. The summed E-state index contributed by atoms with van der Waals surface area (Å²) in [5.41, 5.74) is 0.914. The van der Waals surface area contributed by atoms with Crippen LogP contribution in [-0.4, -0.2) is 16.7 Å².